The lowest BCUT2D eigenvalue weighted by Crippen LogP contribution is -1.92. The number of anilines is 1. The van der Waals surface area contributed by atoms with E-state index in [1.54, 1.807) is 13.3 Å². The molecule has 1 aromatic carbocycles. The first-order valence-corrected chi connectivity index (χ1v) is 5.91. The normalized spacial score (nSPS) is 10.4. The van der Waals surface area contributed by atoms with Gasteiger partial charge in [0.2, 0.25) is 0 Å². The van der Waals surface area contributed by atoms with Crippen LogP contribution in [0.1, 0.15) is 10.4 Å². The summed E-state index contributed by atoms with van der Waals surface area (Å²) in [6.45, 7) is 0. The molecule has 3 nitrogen and oxygen atoms in total. The van der Waals surface area contributed by atoms with E-state index in [-0.39, 0.29) is 0 Å². The maximum Gasteiger partial charge on any atom is 0.180 e. The molecular weight excluding hydrogens is 244 g/mol. The van der Waals surface area contributed by atoms with E-state index in [2.05, 4.69) is 4.98 Å². The number of aromatic nitrogens is 1. The van der Waals surface area contributed by atoms with Crippen molar-refractivity contribution >= 4 is 28.1 Å². The Bertz CT molecular complexity index is 498. The predicted molar refractivity (Wildman–Crippen MR) is 67.3 cm³/mol. The molecule has 2 aromatic rings. The molecule has 84 valence electrons. The molecule has 0 saturated heterocycles. The number of rotatable bonds is 3. The number of halogens is 1. The van der Waals surface area contributed by atoms with Crippen LogP contribution in [0.4, 0.5) is 5.13 Å². The fraction of sp³-hybridized carbons (Fsp3) is 0.182. The molecule has 1 heterocycles. The van der Waals surface area contributed by atoms with Crippen LogP contribution in [-0.4, -0.2) is 12.1 Å². The van der Waals surface area contributed by atoms with Crippen molar-refractivity contribution in [2.75, 3.05) is 12.8 Å². The minimum Gasteiger partial charge on any atom is -0.496 e. The molecule has 16 heavy (non-hydrogen) atoms. The third kappa shape index (κ3) is 2.46. The number of nitrogens with zero attached hydrogens (tertiary/aromatic N) is 1. The second-order valence-corrected chi connectivity index (χ2v) is 4.88. The molecule has 0 fully saturated rings. The fourth-order valence-electron chi connectivity index (χ4n) is 1.48. The lowest BCUT2D eigenvalue weighted by atomic mass is 10.1. The van der Waals surface area contributed by atoms with Gasteiger partial charge in [-0.1, -0.05) is 11.6 Å². The number of nitrogens with two attached hydrogens (primary N) is 1. The highest BCUT2D eigenvalue weighted by Gasteiger charge is 2.07. The van der Waals surface area contributed by atoms with Crippen LogP contribution in [0.15, 0.2) is 24.4 Å². The monoisotopic (exact) mass is 254 g/mol. The predicted octanol–water partition coefficient (Wildman–Crippen LogP) is 2.98. The molecule has 0 bridgehead atoms. The number of nitrogen functional groups attached to an aromatic ring is 1. The van der Waals surface area contributed by atoms with E-state index < -0.39 is 0 Å². The van der Waals surface area contributed by atoms with E-state index in [4.69, 9.17) is 22.1 Å². The van der Waals surface area contributed by atoms with E-state index in [0.29, 0.717) is 10.2 Å². The van der Waals surface area contributed by atoms with Crippen molar-refractivity contribution in [2.24, 2.45) is 0 Å². The summed E-state index contributed by atoms with van der Waals surface area (Å²) in [7, 11) is 1.65. The third-order valence-electron chi connectivity index (χ3n) is 2.18. The van der Waals surface area contributed by atoms with Crippen LogP contribution < -0.4 is 10.5 Å². The zero-order valence-electron chi connectivity index (χ0n) is 8.74. The van der Waals surface area contributed by atoms with Gasteiger partial charge in [0, 0.05) is 28.1 Å². The first-order valence-electron chi connectivity index (χ1n) is 4.71. The average molecular weight is 255 g/mol. The quantitative estimate of drug-likeness (QED) is 0.916. The first-order chi connectivity index (χ1) is 7.69. The minimum atomic E-state index is 0.580. The molecule has 0 aliphatic heterocycles. The van der Waals surface area contributed by atoms with Gasteiger partial charge in [0.25, 0.3) is 0 Å². The van der Waals surface area contributed by atoms with Gasteiger partial charge >= 0.3 is 0 Å². The van der Waals surface area contributed by atoms with Crippen LogP contribution in [0.25, 0.3) is 0 Å². The molecule has 5 heteroatoms. The number of hydrogen-bond donors (Lipinski definition) is 1. The molecule has 2 N–H and O–H groups in total. The number of thiazole rings is 1. The van der Waals surface area contributed by atoms with Crippen LogP contribution in [0, 0.1) is 0 Å². The van der Waals surface area contributed by atoms with Gasteiger partial charge in [0.15, 0.2) is 5.13 Å². The molecule has 0 aliphatic carbocycles. The molecule has 2 rings (SSSR count). The number of ether oxygens (including phenoxy) is 1. The number of benzene rings is 1. The van der Waals surface area contributed by atoms with Crippen LogP contribution in [0.5, 0.6) is 5.75 Å². The van der Waals surface area contributed by atoms with Gasteiger partial charge in [-0.15, -0.1) is 11.3 Å². The van der Waals surface area contributed by atoms with Gasteiger partial charge in [-0.3, -0.25) is 0 Å². The van der Waals surface area contributed by atoms with Gasteiger partial charge in [-0.2, -0.15) is 0 Å². The summed E-state index contributed by atoms with van der Waals surface area (Å²) in [5.74, 6) is 0.830. The van der Waals surface area contributed by atoms with E-state index in [9.17, 15) is 0 Å². The standard InChI is InChI=1S/C11H11ClN2OS/c1-15-10-3-2-8(12)4-7(10)5-9-6-14-11(13)16-9/h2-4,6H,5H2,1H3,(H2,13,14). The summed E-state index contributed by atoms with van der Waals surface area (Å²) in [5.41, 5.74) is 6.62. The van der Waals surface area contributed by atoms with Crippen molar-refractivity contribution in [3.8, 4) is 5.75 Å². The van der Waals surface area contributed by atoms with E-state index in [1.165, 1.54) is 11.3 Å². The second-order valence-electron chi connectivity index (χ2n) is 3.30. The number of hydrogen-bond acceptors (Lipinski definition) is 4. The summed E-state index contributed by atoms with van der Waals surface area (Å²) < 4.78 is 5.27. The summed E-state index contributed by atoms with van der Waals surface area (Å²) in [6, 6.07) is 5.57. The lowest BCUT2D eigenvalue weighted by molar-refractivity contribution is 0.410. The molecular formula is C11H11ClN2OS. The Morgan fingerprint density at radius 1 is 1.50 bits per heavy atom. The Balaban J connectivity index is 2.29. The molecule has 1 aromatic heterocycles. The Labute approximate surface area is 103 Å². The first kappa shape index (κ1) is 11.2. The van der Waals surface area contributed by atoms with Gasteiger partial charge in [0.1, 0.15) is 5.75 Å². The van der Waals surface area contributed by atoms with E-state index in [0.717, 1.165) is 22.6 Å². The Kier molecular flexibility index (Phi) is 3.31. The molecule has 0 radical (unpaired) electrons. The highest BCUT2D eigenvalue weighted by atomic mass is 35.5. The van der Waals surface area contributed by atoms with Crippen molar-refractivity contribution in [2.45, 2.75) is 6.42 Å². The highest BCUT2D eigenvalue weighted by molar-refractivity contribution is 7.15. The minimum absolute atomic E-state index is 0.580. The molecule has 0 spiro atoms. The number of methoxy groups -OCH3 is 1. The van der Waals surface area contributed by atoms with Gasteiger partial charge in [0.05, 0.1) is 7.11 Å². The van der Waals surface area contributed by atoms with Crippen molar-refractivity contribution in [3.63, 3.8) is 0 Å². The zero-order valence-corrected chi connectivity index (χ0v) is 10.3. The van der Waals surface area contributed by atoms with Crippen molar-refractivity contribution in [1.82, 2.24) is 4.98 Å². The largest absolute Gasteiger partial charge is 0.496 e. The average Bonchev–Trinajstić information content (AvgIpc) is 2.64. The van der Waals surface area contributed by atoms with E-state index in [1.807, 2.05) is 18.2 Å². The van der Waals surface area contributed by atoms with Crippen LogP contribution in [-0.2, 0) is 6.42 Å². The molecule has 0 amide bonds. The maximum atomic E-state index is 5.95. The van der Waals surface area contributed by atoms with Crippen molar-refractivity contribution in [1.29, 1.82) is 0 Å². The Hall–Kier alpha value is -1.26. The van der Waals surface area contributed by atoms with Crippen molar-refractivity contribution in [3.05, 3.63) is 39.9 Å². The topological polar surface area (TPSA) is 48.1 Å². The van der Waals surface area contributed by atoms with Gasteiger partial charge in [-0.25, -0.2) is 4.98 Å². The molecule has 0 unspecified atom stereocenters. The van der Waals surface area contributed by atoms with Crippen LogP contribution >= 0.6 is 22.9 Å². The summed E-state index contributed by atoms with van der Waals surface area (Å²) in [5, 5.41) is 1.28. The SMILES string of the molecule is COc1ccc(Cl)cc1Cc1cnc(N)s1. The zero-order chi connectivity index (χ0) is 11.5. The van der Waals surface area contributed by atoms with Crippen LogP contribution in [0.3, 0.4) is 0 Å². The lowest BCUT2D eigenvalue weighted by Gasteiger charge is -2.07. The fourth-order valence-corrected chi connectivity index (χ4v) is 2.38. The van der Waals surface area contributed by atoms with Crippen LogP contribution in [0.2, 0.25) is 5.02 Å². The summed E-state index contributed by atoms with van der Waals surface area (Å²) >= 11 is 7.43. The molecule has 0 atom stereocenters. The van der Waals surface area contributed by atoms with Crippen molar-refractivity contribution < 1.29 is 4.74 Å². The smallest absolute Gasteiger partial charge is 0.180 e. The Morgan fingerprint density at radius 2 is 2.31 bits per heavy atom. The Morgan fingerprint density at radius 3 is 2.94 bits per heavy atom. The summed E-state index contributed by atoms with van der Waals surface area (Å²) in [4.78, 5) is 5.11. The maximum absolute atomic E-state index is 5.95. The highest BCUT2D eigenvalue weighted by Crippen LogP contribution is 2.27. The molecule has 0 aliphatic rings. The van der Waals surface area contributed by atoms with E-state index >= 15 is 0 Å². The second kappa shape index (κ2) is 4.72. The van der Waals surface area contributed by atoms with Gasteiger partial charge < -0.3 is 10.5 Å². The summed E-state index contributed by atoms with van der Waals surface area (Å²) in [6.07, 6.45) is 2.51. The third-order valence-corrected chi connectivity index (χ3v) is 3.24. The molecule has 0 saturated carbocycles. The van der Waals surface area contributed by atoms with Gasteiger partial charge in [-0.05, 0) is 18.2 Å².